The fourth-order valence-corrected chi connectivity index (χ4v) is 4.96. The monoisotopic (exact) mass is 398 g/mol. The molecule has 0 aliphatic carbocycles. The Labute approximate surface area is 176 Å². The Bertz CT molecular complexity index is 839. The Hall–Kier alpha value is -1.97. The number of hydrogen-bond donors (Lipinski definition) is 0. The van der Waals surface area contributed by atoms with Gasteiger partial charge in [-0.1, -0.05) is 33.3 Å². The number of aromatic nitrogens is 1. The summed E-state index contributed by atoms with van der Waals surface area (Å²) in [4.78, 5) is 15.5. The van der Waals surface area contributed by atoms with Gasteiger partial charge in [-0.05, 0) is 62.6 Å². The highest BCUT2D eigenvalue weighted by molar-refractivity contribution is 5.91. The predicted octanol–water partition coefficient (Wildman–Crippen LogP) is 5.89. The van der Waals surface area contributed by atoms with Gasteiger partial charge in [0.05, 0.1) is 11.6 Å². The van der Waals surface area contributed by atoms with E-state index < -0.39 is 0 Å². The molecule has 4 nitrogen and oxygen atoms in total. The predicted molar refractivity (Wildman–Crippen MR) is 121 cm³/mol. The second kappa shape index (κ2) is 9.23. The number of piperidine rings is 1. The maximum atomic E-state index is 13.3. The molecule has 0 radical (unpaired) electrons. The lowest BCUT2D eigenvalue weighted by Crippen LogP contribution is -2.47. The van der Waals surface area contributed by atoms with Crippen molar-refractivity contribution in [3.8, 4) is 5.75 Å². The highest BCUT2D eigenvalue weighted by Gasteiger charge is 2.32. The molecule has 160 valence electrons. The first-order valence-electron chi connectivity index (χ1n) is 11.4. The highest BCUT2D eigenvalue weighted by Crippen LogP contribution is 2.37. The van der Waals surface area contributed by atoms with Crippen LogP contribution in [0.15, 0.2) is 24.4 Å². The number of amides is 1. The van der Waals surface area contributed by atoms with E-state index in [0.717, 1.165) is 42.5 Å². The minimum Gasteiger partial charge on any atom is -0.490 e. The van der Waals surface area contributed by atoms with Crippen molar-refractivity contribution < 1.29 is 9.53 Å². The van der Waals surface area contributed by atoms with Gasteiger partial charge in [0.1, 0.15) is 5.75 Å². The zero-order valence-electron chi connectivity index (χ0n) is 19.1. The topological polar surface area (TPSA) is 34.5 Å². The molecule has 0 bridgehead atoms. The van der Waals surface area contributed by atoms with Crippen LogP contribution >= 0.6 is 0 Å². The molecule has 1 saturated heterocycles. The summed E-state index contributed by atoms with van der Waals surface area (Å²) in [5.74, 6) is 1.98. The second-order valence-electron chi connectivity index (χ2n) is 9.18. The molecule has 2 aromatic rings. The van der Waals surface area contributed by atoms with Gasteiger partial charge < -0.3 is 14.2 Å². The molecule has 3 atom stereocenters. The molecular weight excluding hydrogens is 360 g/mol. The van der Waals surface area contributed by atoms with Gasteiger partial charge >= 0.3 is 0 Å². The van der Waals surface area contributed by atoms with E-state index in [1.54, 1.807) is 0 Å². The first-order chi connectivity index (χ1) is 13.8. The van der Waals surface area contributed by atoms with Gasteiger partial charge in [-0.25, -0.2) is 0 Å². The van der Waals surface area contributed by atoms with E-state index in [2.05, 4.69) is 63.4 Å². The molecule has 0 spiro atoms. The maximum Gasteiger partial charge on any atom is 0.223 e. The standard InChI is InChI=1S/C25H38N2O2/c1-7-10-21-18(4)11-9-14-27(21)24(28)15-19(5)20-16-26(6)22-12-8-13-23(25(20)22)29-17(2)3/h8,12-13,16-19,21H,7,9-11,14-15H2,1-6H3. The molecule has 29 heavy (non-hydrogen) atoms. The first-order valence-corrected chi connectivity index (χ1v) is 11.4. The van der Waals surface area contributed by atoms with E-state index in [-0.39, 0.29) is 12.0 Å². The number of benzene rings is 1. The molecule has 1 fully saturated rings. The third kappa shape index (κ3) is 4.62. The number of carbonyl (C=O) groups excluding carboxylic acids is 1. The van der Waals surface area contributed by atoms with Crippen molar-refractivity contribution in [2.75, 3.05) is 6.54 Å². The van der Waals surface area contributed by atoms with E-state index in [1.807, 2.05) is 12.1 Å². The fourth-order valence-electron chi connectivity index (χ4n) is 4.96. The van der Waals surface area contributed by atoms with Crippen LogP contribution in [0.5, 0.6) is 5.75 Å². The van der Waals surface area contributed by atoms with Crippen LogP contribution in [-0.2, 0) is 11.8 Å². The Morgan fingerprint density at radius 1 is 1.28 bits per heavy atom. The van der Waals surface area contributed by atoms with Crippen molar-refractivity contribution >= 4 is 16.8 Å². The van der Waals surface area contributed by atoms with E-state index in [9.17, 15) is 4.79 Å². The number of nitrogens with zero attached hydrogens (tertiary/aromatic N) is 2. The van der Waals surface area contributed by atoms with Gasteiger partial charge in [0.25, 0.3) is 0 Å². The Morgan fingerprint density at radius 2 is 2.03 bits per heavy atom. The minimum absolute atomic E-state index is 0.121. The summed E-state index contributed by atoms with van der Waals surface area (Å²) in [5.41, 5.74) is 2.37. The smallest absolute Gasteiger partial charge is 0.223 e. The Kier molecular flexibility index (Phi) is 6.92. The fraction of sp³-hybridized carbons (Fsp3) is 0.640. The average Bonchev–Trinajstić information content (AvgIpc) is 3.01. The van der Waals surface area contributed by atoms with Crippen molar-refractivity contribution in [2.45, 2.75) is 84.8 Å². The summed E-state index contributed by atoms with van der Waals surface area (Å²) in [5, 5.41) is 1.15. The normalized spacial score (nSPS) is 21.0. The lowest BCUT2D eigenvalue weighted by molar-refractivity contribution is -0.136. The van der Waals surface area contributed by atoms with Gasteiger partial charge in [-0.3, -0.25) is 4.79 Å². The van der Waals surface area contributed by atoms with Crippen LogP contribution in [-0.4, -0.2) is 34.1 Å². The number of fused-ring (bicyclic) bond motifs is 1. The van der Waals surface area contributed by atoms with Gasteiger partial charge in [0.15, 0.2) is 0 Å². The molecule has 1 aliphatic heterocycles. The maximum absolute atomic E-state index is 13.3. The molecule has 1 aromatic heterocycles. The van der Waals surface area contributed by atoms with E-state index in [0.29, 0.717) is 24.3 Å². The number of carbonyl (C=O) groups is 1. The molecule has 4 heteroatoms. The quantitative estimate of drug-likeness (QED) is 0.583. The van der Waals surface area contributed by atoms with Gasteiger partial charge in [-0.15, -0.1) is 0 Å². The molecule has 3 rings (SSSR count). The summed E-state index contributed by atoms with van der Waals surface area (Å²) < 4.78 is 8.26. The Balaban J connectivity index is 1.86. The van der Waals surface area contributed by atoms with Crippen LogP contribution < -0.4 is 4.74 Å². The molecular formula is C25H38N2O2. The Morgan fingerprint density at radius 3 is 2.72 bits per heavy atom. The molecule has 3 unspecified atom stereocenters. The summed E-state index contributed by atoms with van der Waals surface area (Å²) in [7, 11) is 2.07. The summed E-state index contributed by atoms with van der Waals surface area (Å²) >= 11 is 0. The highest BCUT2D eigenvalue weighted by atomic mass is 16.5. The molecule has 1 aromatic carbocycles. The van der Waals surface area contributed by atoms with Crippen molar-refractivity contribution in [3.63, 3.8) is 0 Å². The first kappa shape index (κ1) is 21.7. The molecule has 0 saturated carbocycles. The van der Waals surface area contributed by atoms with Gasteiger partial charge in [0, 0.05) is 37.6 Å². The molecule has 1 amide bonds. The van der Waals surface area contributed by atoms with Gasteiger partial charge in [-0.2, -0.15) is 0 Å². The third-order valence-corrected chi connectivity index (χ3v) is 6.40. The van der Waals surface area contributed by atoms with Crippen LogP contribution in [0.3, 0.4) is 0 Å². The van der Waals surface area contributed by atoms with Crippen molar-refractivity contribution in [1.82, 2.24) is 9.47 Å². The summed E-state index contributed by atoms with van der Waals surface area (Å²) in [6, 6.07) is 6.62. The zero-order chi connectivity index (χ0) is 21.1. The minimum atomic E-state index is 0.121. The lowest BCUT2D eigenvalue weighted by Gasteiger charge is -2.40. The number of ether oxygens (including phenoxy) is 1. The van der Waals surface area contributed by atoms with Crippen LogP contribution in [0.25, 0.3) is 10.9 Å². The van der Waals surface area contributed by atoms with Crippen LogP contribution in [0, 0.1) is 5.92 Å². The molecule has 0 N–H and O–H groups in total. The van der Waals surface area contributed by atoms with Gasteiger partial charge in [0.2, 0.25) is 5.91 Å². The summed E-state index contributed by atoms with van der Waals surface area (Å²) in [6.07, 6.45) is 7.47. The number of hydrogen-bond acceptors (Lipinski definition) is 2. The number of likely N-dealkylation sites (tertiary alicyclic amines) is 1. The number of aryl methyl sites for hydroxylation is 1. The SMILES string of the molecule is CCCC1C(C)CCCN1C(=O)CC(C)c1cn(C)c2cccc(OC(C)C)c12. The largest absolute Gasteiger partial charge is 0.490 e. The van der Waals surface area contributed by atoms with Crippen LogP contribution in [0.4, 0.5) is 0 Å². The van der Waals surface area contributed by atoms with E-state index in [1.165, 1.54) is 12.0 Å². The van der Waals surface area contributed by atoms with E-state index >= 15 is 0 Å². The molecule has 1 aliphatic rings. The zero-order valence-corrected chi connectivity index (χ0v) is 19.1. The third-order valence-electron chi connectivity index (χ3n) is 6.40. The van der Waals surface area contributed by atoms with Crippen LogP contribution in [0.2, 0.25) is 0 Å². The van der Waals surface area contributed by atoms with E-state index in [4.69, 9.17) is 4.74 Å². The van der Waals surface area contributed by atoms with Crippen molar-refractivity contribution in [1.29, 1.82) is 0 Å². The van der Waals surface area contributed by atoms with Crippen molar-refractivity contribution in [3.05, 3.63) is 30.0 Å². The van der Waals surface area contributed by atoms with Crippen molar-refractivity contribution in [2.24, 2.45) is 13.0 Å². The lowest BCUT2D eigenvalue weighted by atomic mass is 9.87. The summed E-state index contributed by atoms with van der Waals surface area (Å²) in [6.45, 7) is 11.7. The second-order valence-corrected chi connectivity index (χ2v) is 9.18. The number of rotatable bonds is 7. The van der Waals surface area contributed by atoms with Crippen LogP contribution in [0.1, 0.15) is 78.2 Å². The average molecular weight is 399 g/mol. The molecule has 2 heterocycles.